The molecule has 0 aliphatic carbocycles. The number of hydrogen-bond acceptors (Lipinski definition) is 9. The number of hydrogen-bond donors (Lipinski definition) is 1. The molecule has 6 aliphatic rings. The average Bonchev–Trinajstić information content (AvgIpc) is 3.94. The first-order valence-corrected chi connectivity index (χ1v) is 24.7. The number of carbonyl (C=O) groups is 3. The summed E-state index contributed by atoms with van der Waals surface area (Å²) >= 11 is 0. The Morgan fingerprint density at radius 1 is 0.855 bits per heavy atom. The van der Waals surface area contributed by atoms with Crippen LogP contribution in [-0.2, 0) is 23.9 Å². The Hall–Kier alpha value is -3.92. The van der Waals surface area contributed by atoms with Crippen LogP contribution in [0.25, 0.3) is 0 Å². The molecule has 62 heavy (non-hydrogen) atoms. The third-order valence-electron chi connectivity index (χ3n) is 14.4. The van der Waals surface area contributed by atoms with Crippen molar-refractivity contribution >= 4 is 34.9 Å². The highest BCUT2D eigenvalue weighted by atomic mass is 16.5. The van der Waals surface area contributed by atoms with Crippen LogP contribution in [0.3, 0.4) is 0 Å². The fraction of sp³-hybridized carbons (Fsp3) is 0.692. The Labute approximate surface area is 373 Å². The van der Waals surface area contributed by atoms with Gasteiger partial charge < -0.3 is 14.8 Å². The average molecular weight is 852 g/mol. The van der Waals surface area contributed by atoms with E-state index in [0.717, 1.165) is 85.6 Å². The van der Waals surface area contributed by atoms with Crippen LogP contribution in [0.15, 0.2) is 72.2 Å². The SMILES string of the molecule is CCCCCCCCCCOC(C)C1=C(C)C2C=C3NC(=C4C(=O)N(CCCCCC)C(=O)C5C4=NC(=C5C)C=C4N=C(CC1=N2)[C@H](C)[C@H]4CC)[C@@H](CCC(=O)OCCC)[C@@H]3C. The lowest BCUT2D eigenvalue weighted by molar-refractivity contribution is -0.145. The molecule has 0 radical (unpaired) electrons. The van der Waals surface area contributed by atoms with Gasteiger partial charge in [0.2, 0.25) is 5.91 Å². The minimum atomic E-state index is -0.659. The lowest BCUT2D eigenvalue weighted by Gasteiger charge is -2.33. The molecule has 3 unspecified atom stereocenters. The van der Waals surface area contributed by atoms with Gasteiger partial charge in [0.05, 0.1) is 35.7 Å². The molecule has 6 heterocycles. The predicted octanol–water partition coefficient (Wildman–Crippen LogP) is 11.1. The molecule has 6 aliphatic heterocycles. The number of esters is 1. The normalized spacial score (nSPS) is 26.2. The molecule has 0 aromatic carbocycles. The van der Waals surface area contributed by atoms with Gasteiger partial charge in [-0.1, -0.05) is 106 Å². The van der Waals surface area contributed by atoms with E-state index in [1.54, 1.807) is 0 Å². The van der Waals surface area contributed by atoms with Crippen LogP contribution >= 0.6 is 0 Å². The maximum absolute atomic E-state index is 14.9. The predicted molar refractivity (Wildman–Crippen MR) is 251 cm³/mol. The molecule has 10 heteroatoms. The van der Waals surface area contributed by atoms with Crippen molar-refractivity contribution in [1.82, 2.24) is 10.2 Å². The van der Waals surface area contributed by atoms with Crippen LogP contribution in [0, 0.1) is 29.6 Å². The monoisotopic (exact) mass is 852 g/mol. The third-order valence-corrected chi connectivity index (χ3v) is 14.4. The van der Waals surface area contributed by atoms with Gasteiger partial charge in [-0.15, -0.1) is 0 Å². The zero-order valence-electron chi connectivity index (χ0n) is 39.7. The first-order chi connectivity index (χ1) is 29.9. The summed E-state index contributed by atoms with van der Waals surface area (Å²) in [7, 11) is 0. The largest absolute Gasteiger partial charge is 0.466 e. The van der Waals surface area contributed by atoms with Gasteiger partial charge in [-0.25, -0.2) is 0 Å². The Balaban J connectivity index is 1.42. The minimum absolute atomic E-state index is 0.0662. The molecule has 0 saturated carbocycles. The van der Waals surface area contributed by atoms with E-state index >= 15 is 0 Å². The summed E-state index contributed by atoms with van der Waals surface area (Å²) in [4.78, 5) is 60.0. The van der Waals surface area contributed by atoms with Gasteiger partial charge in [0, 0.05) is 83.8 Å². The van der Waals surface area contributed by atoms with Crippen LogP contribution in [0.4, 0.5) is 0 Å². The highest BCUT2D eigenvalue weighted by molar-refractivity contribution is 6.36. The molecule has 340 valence electrons. The summed E-state index contributed by atoms with van der Waals surface area (Å²) in [5.74, 6) is -1.28. The van der Waals surface area contributed by atoms with Crippen molar-refractivity contribution in [3.8, 4) is 0 Å². The van der Waals surface area contributed by atoms with Crippen LogP contribution in [-0.4, -0.2) is 71.7 Å². The summed E-state index contributed by atoms with van der Waals surface area (Å²) in [5, 5.41) is 3.77. The molecule has 0 aromatic rings. The minimum Gasteiger partial charge on any atom is -0.466 e. The second kappa shape index (κ2) is 22.1. The summed E-state index contributed by atoms with van der Waals surface area (Å²) < 4.78 is 12.2. The van der Waals surface area contributed by atoms with Gasteiger partial charge in [-0.05, 0) is 76.2 Å². The highest BCUT2D eigenvalue weighted by Gasteiger charge is 2.50. The summed E-state index contributed by atoms with van der Waals surface area (Å²) in [6, 6.07) is -0.230. The molecule has 10 nitrogen and oxygen atoms in total. The molecule has 0 spiro atoms. The molecule has 0 aromatic heterocycles. The van der Waals surface area contributed by atoms with Gasteiger partial charge in [0.25, 0.3) is 5.91 Å². The van der Waals surface area contributed by atoms with E-state index in [0.29, 0.717) is 43.0 Å². The second-order valence-electron chi connectivity index (χ2n) is 18.8. The van der Waals surface area contributed by atoms with Crippen molar-refractivity contribution in [2.75, 3.05) is 19.8 Å². The first kappa shape index (κ1) is 47.6. The number of imide groups is 1. The van der Waals surface area contributed by atoms with E-state index < -0.39 is 5.92 Å². The molecule has 7 atom stereocenters. The number of fused-ring (bicyclic) bond motifs is 5. The number of rotatable bonds is 22. The number of nitrogens with zero attached hydrogens (tertiary/aromatic N) is 4. The first-order valence-electron chi connectivity index (χ1n) is 24.7. The number of allylic oxidation sites excluding steroid dienone is 4. The number of unbranched alkanes of at least 4 members (excludes halogenated alkanes) is 10. The number of piperidine rings is 1. The van der Waals surface area contributed by atoms with E-state index in [1.165, 1.54) is 61.0 Å². The lowest BCUT2D eigenvalue weighted by Crippen LogP contribution is -2.51. The fourth-order valence-electron chi connectivity index (χ4n) is 10.6. The number of aliphatic imine (C=N–C) groups is 3. The van der Waals surface area contributed by atoms with Crippen molar-refractivity contribution in [3.63, 3.8) is 0 Å². The second-order valence-corrected chi connectivity index (χ2v) is 18.8. The molecular formula is C52H77N5O5. The van der Waals surface area contributed by atoms with Gasteiger partial charge in [0.1, 0.15) is 5.92 Å². The zero-order valence-corrected chi connectivity index (χ0v) is 39.7. The van der Waals surface area contributed by atoms with Crippen molar-refractivity contribution in [1.29, 1.82) is 0 Å². The molecule has 1 N–H and O–H groups in total. The summed E-state index contributed by atoms with van der Waals surface area (Å²) in [6.07, 6.45) is 21.1. The smallest absolute Gasteiger partial charge is 0.305 e. The van der Waals surface area contributed by atoms with E-state index in [2.05, 4.69) is 65.9 Å². The maximum atomic E-state index is 14.9. The fourth-order valence-corrected chi connectivity index (χ4v) is 10.6. The van der Waals surface area contributed by atoms with Crippen LogP contribution < -0.4 is 5.32 Å². The van der Waals surface area contributed by atoms with Gasteiger partial charge in [0.15, 0.2) is 0 Å². The Morgan fingerprint density at radius 3 is 2.24 bits per heavy atom. The van der Waals surface area contributed by atoms with Crippen molar-refractivity contribution in [2.24, 2.45) is 44.6 Å². The van der Waals surface area contributed by atoms with E-state index in [9.17, 15) is 14.4 Å². The van der Waals surface area contributed by atoms with Gasteiger partial charge in [-0.3, -0.25) is 34.3 Å². The number of likely N-dealkylation sites (tertiary alicyclic amines) is 1. The molecule has 2 amide bonds. The molecule has 2 fully saturated rings. The maximum Gasteiger partial charge on any atom is 0.305 e. The van der Waals surface area contributed by atoms with Gasteiger partial charge >= 0.3 is 5.97 Å². The Bertz CT molecular complexity index is 1950. The lowest BCUT2D eigenvalue weighted by atomic mass is 9.80. The molecule has 6 rings (SSSR count). The zero-order chi connectivity index (χ0) is 44.5. The molecule has 8 bridgehead atoms. The van der Waals surface area contributed by atoms with E-state index in [4.69, 9.17) is 24.5 Å². The number of nitrogens with one attached hydrogen (secondary N) is 1. The summed E-state index contributed by atoms with van der Waals surface area (Å²) in [5.41, 5.74) is 9.72. The van der Waals surface area contributed by atoms with E-state index in [-0.39, 0.29) is 60.0 Å². The topological polar surface area (TPSA) is 122 Å². The van der Waals surface area contributed by atoms with Crippen LogP contribution in [0.1, 0.15) is 171 Å². The van der Waals surface area contributed by atoms with Crippen LogP contribution in [0.5, 0.6) is 0 Å². The third kappa shape index (κ3) is 10.4. The number of amides is 2. The number of carbonyl (C=O) groups excluding carboxylic acids is 3. The van der Waals surface area contributed by atoms with Crippen molar-refractivity contribution in [3.05, 3.63) is 57.2 Å². The summed E-state index contributed by atoms with van der Waals surface area (Å²) in [6.45, 7) is 20.9. The highest BCUT2D eigenvalue weighted by Crippen LogP contribution is 2.45. The van der Waals surface area contributed by atoms with E-state index in [1.807, 2.05) is 13.8 Å². The molecule has 2 saturated heterocycles. The van der Waals surface area contributed by atoms with Crippen LogP contribution in [0.2, 0.25) is 0 Å². The molecular weight excluding hydrogens is 775 g/mol. The quantitative estimate of drug-likeness (QED) is 0.0657. The van der Waals surface area contributed by atoms with Gasteiger partial charge in [-0.2, -0.15) is 0 Å². The Kier molecular flexibility index (Phi) is 17.0. The number of ether oxygens (including phenoxy) is 2. The van der Waals surface area contributed by atoms with Crippen molar-refractivity contribution < 1.29 is 23.9 Å². The standard InChI is InChI=1S/C52H77N5O5/c1-10-14-16-18-19-20-21-23-28-61-36(9)46-34(7)41-29-40-33(6)38(24-25-45(58)62-27-12-3)49(55-40)48-50-47(51(59)57(52(48)60)26-22-17-15-11-2)35(8)42(56-50)30-43-37(13-4)32(5)39(53-43)31-44(46)54-41/h29-30,32-33,36-38,41,47,55H,10-28,31H2,1-9H3/t32-,33+,36?,37-,38+,41?,47?/m1/s1. The Morgan fingerprint density at radius 2 is 1.55 bits per heavy atom. The van der Waals surface area contributed by atoms with Crippen molar-refractivity contribution in [2.45, 2.75) is 184 Å².